The topological polar surface area (TPSA) is 81.6 Å². The van der Waals surface area contributed by atoms with E-state index in [-0.39, 0.29) is 6.09 Å². The molecule has 19 heavy (non-hydrogen) atoms. The molecule has 1 heterocycles. The van der Waals surface area contributed by atoms with E-state index in [4.69, 9.17) is 16.2 Å². The Hall–Kier alpha value is -1.91. The Morgan fingerprint density at radius 1 is 1.21 bits per heavy atom. The molecule has 0 spiro atoms. The molecule has 0 atom stereocenters. The molecule has 0 fully saturated rings. The molecule has 104 valence electrons. The summed E-state index contributed by atoms with van der Waals surface area (Å²) in [5, 5.41) is 0. The summed E-state index contributed by atoms with van der Waals surface area (Å²) in [6.45, 7) is 6.64. The van der Waals surface area contributed by atoms with Gasteiger partial charge in [0.25, 0.3) is 0 Å². The van der Waals surface area contributed by atoms with Gasteiger partial charge in [-0.1, -0.05) is 0 Å². The van der Waals surface area contributed by atoms with Crippen LogP contribution in [0.3, 0.4) is 0 Å². The molecule has 0 unspecified atom stereocenters. The van der Waals surface area contributed by atoms with Crippen LogP contribution in [0.1, 0.15) is 31.9 Å². The molecule has 5 heteroatoms. The number of ether oxygens (including phenoxy) is 1. The van der Waals surface area contributed by atoms with Gasteiger partial charge in [0.1, 0.15) is 5.60 Å². The quantitative estimate of drug-likeness (QED) is 0.703. The highest BCUT2D eigenvalue weighted by molar-refractivity contribution is 5.71. The number of hydrogen-bond acceptors (Lipinski definition) is 4. The van der Waals surface area contributed by atoms with Gasteiger partial charge < -0.3 is 21.1 Å². The van der Waals surface area contributed by atoms with Crippen molar-refractivity contribution in [3.8, 4) is 0 Å². The summed E-state index contributed by atoms with van der Waals surface area (Å²) < 4.78 is 5.38. The number of nitrogen functional groups attached to an aromatic ring is 2. The second-order valence-corrected chi connectivity index (χ2v) is 5.85. The van der Waals surface area contributed by atoms with Crippen LogP contribution >= 0.6 is 0 Å². The van der Waals surface area contributed by atoms with Crippen molar-refractivity contribution in [2.75, 3.05) is 18.0 Å². The maximum atomic E-state index is 12.1. The highest BCUT2D eigenvalue weighted by Crippen LogP contribution is 2.29. The third-order valence-electron chi connectivity index (χ3n) is 3.14. The summed E-state index contributed by atoms with van der Waals surface area (Å²) in [5.41, 5.74) is 14.8. The largest absolute Gasteiger partial charge is 0.444 e. The fourth-order valence-electron chi connectivity index (χ4n) is 2.21. The monoisotopic (exact) mass is 263 g/mol. The number of nitrogens with zero attached hydrogens (tertiary/aromatic N) is 1. The Morgan fingerprint density at radius 3 is 2.37 bits per heavy atom. The molecular formula is C14H21N3O2. The average Bonchev–Trinajstić information content (AvgIpc) is 2.31. The number of fused-ring (bicyclic) bond motifs is 1. The lowest BCUT2D eigenvalue weighted by Crippen LogP contribution is -2.40. The third-order valence-corrected chi connectivity index (χ3v) is 3.14. The first-order valence-electron chi connectivity index (χ1n) is 6.41. The van der Waals surface area contributed by atoms with E-state index < -0.39 is 5.60 Å². The van der Waals surface area contributed by atoms with Crippen molar-refractivity contribution in [3.05, 3.63) is 23.3 Å². The van der Waals surface area contributed by atoms with Gasteiger partial charge in [-0.3, -0.25) is 0 Å². The lowest BCUT2D eigenvalue weighted by atomic mass is 9.96. The molecule has 1 aliphatic heterocycles. The Balaban J connectivity index is 2.18. The van der Waals surface area contributed by atoms with Crippen LogP contribution in [0.4, 0.5) is 16.2 Å². The van der Waals surface area contributed by atoms with Gasteiger partial charge in [-0.2, -0.15) is 0 Å². The minimum atomic E-state index is -0.487. The molecule has 1 amide bonds. The molecule has 0 aromatic heterocycles. The highest BCUT2D eigenvalue weighted by atomic mass is 16.6. The zero-order chi connectivity index (χ0) is 14.2. The molecule has 2 rings (SSSR count). The summed E-state index contributed by atoms with van der Waals surface area (Å²) in [5.74, 6) is 0. The number of hydrogen-bond donors (Lipinski definition) is 2. The summed E-state index contributed by atoms with van der Waals surface area (Å²) in [6, 6.07) is 3.60. The van der Waals surface area contributed by atoms with E-state index >= 15 is 0 Å². The number of nitrogens with two attached hydrogens (primary N) is 2. The number of benzene rings is 1. The Labute approximate surface area is 113 Å². The summed E-state index contributed by atoms with van der Waals surface area (Å²) in [6.07, 6.45) is 0.408. The van der Waals surface area contributed by atoms with Gasteiger partial charge in [-0.15, -0.1) is 0 Å². The van der Waals surface area contributed by atoms with E-state index in [0.717, 1.165) is 16.8 Å². The molecule has 0 saturated carbocycles. The first-order valence-corrected chi connectivity index (χ1v) is 6.41. The smallest absolute Gasteiger partial charge is 0.410 e. The van der Waals surface area contributed by atoms with Gasteiger partial charge in [0.2, 0.25) is 0 Å². The van der Waals surface area contributed by atoms with Gasteiger partial charge >= 0.3 is 6.09 Å². The van der Waals surface area contributed by atoms with Crippen molar-refractivity contribution in [1.29, 1.82) is 0 Å². The maximum Gasteiger partial charge on any atom is 0.410 e. The van der Waals surface area contributed by atoms with Crippen molar-refractivity contribution in [2.24, 2.45) is 0 Å². The van der Waals surface area contributed by atoms with Crippen molar-refractivity contribution >= 4 is 17.5 Å². The zero-order valence-corrected chi connectivity index (χ0v) is 11.7. The van der Waals surface area contributed by atoms with E-state index in [1.165, 1.54) is 0 Å². The van der Waals surface area contributed by atoms with Crippen LogP contribution in [0.15, 0.2) is 12.1 Å². The van der Waals surface area contributed by atoms with E-state index in [1.807, 2.05) is 26.8 Å². The summed E-state index contributed by atoms with van der Waals surface area (Å²) >= 11 is 0. The molecule has 5 nitrogen and oxygen atoms in total. The molecule has 0 saturated heterocycles. The number of carbonyl (C=O) groups excluding carboxylic acids is 1. The number of rotatable bonds is 0. The lowest BCUT2D eigenvalue weighted by molar-refractivity contribution is 0.0225. The highest BCUT2D eigenvalue weighted by Gasteiger charge is 2.27. The predicted octanol–water partition coefficient (Wildman–Crippen LogP) is 2.14. The minimum Gasteiger partial charge on any atom is -0.444 e. The average molecular weight is 263 g/mol. The van der Waals surface area contributed by atoms with Crippen LogP contribution in [0.2, 0.25) is 0 Å². The number of anilines is 2. The van der Waals surface area contributed by atoms with Crippen LogP contribution in [-0.4, -0.2) is 23.1 Å². The first-order chi connectivity index (χ1) is 8.78. The number of amides is 1. The van der Waals surface area contributed by atoms with Gasteiger partial charge in [0.05, 0.1) is 6.54 Å². The van der Waals surface area contributed by atoms with Crippen LogP contribution in [-0.2, 0) is 17.7 Å². The van der Waals surface area contributed by atoms with Crippen molar-refractivity contribution in [3.63, 3.8) is 0 Å². The minimum absolute atomic E-state index is 0.306. The van der Waals surface area contributed by atoms with Crippen LogP contribution in [0.5, 0.6) is 0 Å². The van der Waals surface area contributed by atoms with Gasteiger partial charge in [-0.25, -0.2) is 4.79 Å². The molecule has 0 radical (unpaired) electrons. The maximum absolute atomic E-state index is 12.1. The molecule has 1 aromatic carbocycles. The predicted molar refractivity (Wildman–Crippen MR) is 75.6 cm³/mol. The molecule has 1 aliphatic rings. The van der Waals surface area contributed by atoms with E-state index in [1.54, 1.807) is 11.0 Å². The SMILES string of the molecule is CC(C)(C)OC(=O)N1CCc2c(N)ccc(N)c2C1. The Bertz CT molecular complexity index is 506. The second-order valence-electron chi connectivity index (χ2n) is 5.85. The molecule has 0 bridgehead atoms. The molecule has 1 aromatic rings. The van der Waals surface area contributed by atoms with Crippen molar-refractivity contribution in [1.82, 2.24) is 4.90 Å². The van der Waals surface area contributed by atoms with E-state index in [9.17, 15) is 4.79 Å². The molecule has 4 N–H and O–H groups in total. The van der Waals surface area contributed by atoms with Gasteiger partial charge in [0.15, 0.2) is 0 Å². The molecule has 0 aliphatic carbocycles. The first kappa shape index (κ1) is 13.5. The van der Waals surface area contributed by atoms with Gasteiger partial charge in [-0.05, 0) is 50.5 Å². The standard InChI is InChI=1S/C14H21N3O2/c1-14(2,3)19-13(18)17-7-6-9-10(8-17)12(16)5-4-11(9)15/h4-5H,6-8,15-16H2,1-3H3. The van der Waals surface area contributed by atoms with E-state index in [2.05, 4.69) is 0 Å². The normalized spacial score (nSPS) is 15.0. The summed E-state index contributed by atoms with van der Waals surface area (Å²) in [4.78, 5) is 13.7. The Kier molecular flexibility index (Phi) is 3.30. The lowest BCUT2D eigenvalue weighted by Gasteiger charge is -2.32. The van der Waals surface area contributed by atoms with Gasteiger partial charge in [0, 0.05) is 17.9 Å². The zero-order valence-electron chi connectivity index (χ0n) is 11.7. The van der Waals surface area contributed by atoms with Crippen LogP contribution in [0, 0.1) is 0 Å². The molecular weight excluding hydrogens is 242 g/mol. The second kappa shape index (κ2) is 4.64. The van der Waals surface area contributed by atoms with Crippen molar-refractivity contribution in [2.45, 2.75) is 39.3 Å². The Morgan fingerprint density at radius 2 is 1.79 bits per heavy atom. The fraction of sp³-hybridized carbons (Fsp3) is 0.500. The van der Waals surface area contributed by atoms with Crippen LogP contribution < -0.4 is 11.5 Å². The van der Waals surface area contributed by atoms with E-state index in [0.29, 0.717) is 25.2 Å². The van der Waals surface area contributed by atoms with Crippen molar-refractivity contribution < 1.29 is 9.53 Å². The summed E-state index contributed by atoms with van der Waals surface area (Å²) in [7, 11) is 0. The third kappa shape index (κ3) is 2.92. The fourth-order valence-corrected chi connectivity index (χ4v) is 2.21. The van der Waals surface area contributed by atoms with Crippen LogP contribution in [0.25, 0.3) is 0 Å². The number of carbonyl (C=O) groups is 1.